The predicted octanol–water partition coefficient (Wildman–Crippen LogP) is 1.73. The van der Waals surface area contributed by atoms with E-state index in [9.17, 15) is 0 Å². The Kier molecular flexibility index (Phi) is 10.3. The molecule has 0 spiro atoms. The number of ether oxygens (including phenoxy) is 1. The molecule has 92 valence electrons. The van der Waals surface area contributed by atoms with E-state index in [1.54, 1.807) is 7.11 Å². The van der Waals surface area contributed by atoms with Gasteiger partial charge in [-0.15, -0.1) is 0 Å². The zero-order valence-electron chi connectivity index (χ0n) is 10.9. The zero-order valence-corrected chi connectivity index (χ0v) is 10.9. The van der Waals surface area contributed by atoms with Crippen LogP contribution in [0, 0.1) is 0 Å². The first-order valence-corrected chi connectivity index (χ1v) is 6.23. The number of methoxy groups -OCH3 is 1. The lowest BCUT2D eigenvalue weighted by atomic mass is 10.2. The van der Waals surface area contributed by atoms with Crippen LogP contribution < -0.4 is 5.32 Å². The summed E-state index contributed by atoms with van der Waals surface area (Å²) in [5, 5.41) is 3.52. The summed E-state index contributed by atoms with van der Waals surface area (Å²) in [5.74, 6) is 0. The molecule has 1 atom stereocenters. The van der Waals surface area contributed by atoms with E-state index < -0.39 is 0 Å². The maximum Gasteiger partial charge on any atom is 0.0615 e. The first kappa shape index (κ1) is 14.9. The van der Waals surface area contributed by atoms with Gasteiger partial charge >= 0.3 is 0 Å². The zero-order chi connectivity index (χ0) is 11.5. The smallest absolute Gasteiger partial charge is 0.0615 e. The van der Waals surface area contributed by atoms with Gasteiger partial charge in [0.2, 0.25) is 0 Å². The quantitative estimate of drug-likeness (QED) is 0.563. The van der Waals surface area contributed by atoms with E-state index in [-0.39, 0.29) is 0 Å². The highest BCUT2D eigenvalue weighted by Crippen LogP contribution is 1.93. The third-order valence-electron chi connectivity index (χ3n) is 2.84. The number of hydrogen-bond donors (Lipinski definition) is 1. The summed E-state index contributed by atoms with van der Waals surface area (Å²) in [6.45, 7) is 12.1. The highest BCUT2D eigenvalue weighted by molar-refractivity contribution is 4.64. The highest BCUT2D eigenvalue weighted by atomic mass is 16.5. The molecule has 0 radical (unpaired) electrons. The highest BCUT2D eigenvalue weighted by Gasteiger charge is 2.04. The molecule has 0 fully saturated rings. The van der Waals surface area contributed by atoms with Crippen molar-refractivity contribution in [3.63, 3.8) is 0 Å². The second kappa shape index (κ2) is 10.4. The Labute approximate surface area is 95.2 Å². The van der Waals surface area contributed by atoms with Crippen LogP contribution in [0.2, 0.25) is 0 Å². The predicted molar refractivity (Wildman–Crippen MR) is 66.4 cm³/mol. The molecular weight excluding hydrogens is 188 g/mol. The summed E-state index contributed by atoms with van der Waals surface area (Å²) >= 11 is 0. The normalized spacial score (nSPS) is 13.4. The Bertz CT molecular complexity index is 127. The van der Waals surface area contributed by atoms with Gasteiger partial charge in [0.15, 0.2) is 0 Å². The van der Waals surface area contributed by atoms with E-state index in [2.05, 4.69) is 31.0 Å². The molecule has 0 rings (SSSR count). The maximum absolute atomic E-state index is 5.14. The van der Waals surface area contributed by atoms with Gasteiger partial charge in [-0.25, -0.2) is 0 Å². The molecule has 0 aliphatic rings. The van der Waals surface area contributed by atoms with Crippen molar-refractivity contribution in [1.82, 2.24) is 10.2 Å². The average Bonchev–Trinajstić information content (AvgIpc) is 2.28. The molecule has 15 heavy (non-hydrogen) atoms. The van der Waals surface area contributed by atoms with E-state index in [1.807, 2.05) is 0 Å². The van der Waals surface area contributed by atoms with Crippen LogP contribution in [-0.4, -0.2) is 50.8 Å². The number of nitrogens with one attached hydrogen (secondary N) is 1. The first-order chi connectivity index (χ1) is 7.28. The van der Waals surface area contributed by atoms with Crippen molar-refractivity contribution in [2.45, 2.75) is 39.7 Å². The third-order valence-corrected chi connectivity index (χ3v) is 2.84. The summed E-state index contributed by atoms with van der Waals surface area (Å²) in [6, 6.07) is 0.520. The van der Waals surface area contributed by atoms with E-state index in [0.29, 0.717) is 6.04 Å². The fourth-order valence-corrected chi connectivity index (χ4v) is 1.67. The lowest BCUT2D eigenvalue weighted by Gasteiger charge is -2.20. The molecule has 0 aromatic carbocycles. The molecule has 3 heteroatoms. The fourth-order valence-electron chi connectivity index (χ4n) is 1.67. The molecule has 1 N–H and O–H groups in total. The lowest BCUT2D eigenvalue weighted by molar-refractivity contribution is 0.163. The van der Waals surface area contributed by atoms with E-state index in [1.165, 1.54) is 13.0 Å². The van der Waals surface area contributed by atoms with Gasteiger partial charge < -0.3 is 15.0 Å². The Morgan fingerprint density at radius 2 is 1.87 bits per heavy atom. The molecule has 0 saturated carbocycles. The van der Waals surface area contributed by atoms with Crippen LogP contribution in [0.3, 0.4) is 0 Å². The van der Waals surface area contributed by atoms with Crippen LogP contribution in [0.15, 0.2) is 0 Å². The molecule has 3 nitrogen and oxygen atoms in total. The number of rotatable bonds is 10. The molecule has 0 amide bonds. The number of hydrogen-bond acceptors (Lipinski definition) is 3. The van der Waals surface area contributed by atoms with Crippen LogP contribution in [0.1, 0.15) is 33.6 Å². The van der Waals surface area contributed by atoms with Gasteiger partial charge in [-0.1, -0.05) is 20.8 Å². The van der Waals surface area contributed by atoms with Gasteiger partial charge in [0.1, 0.15) is 0 Å². The van der Waals surface area contributed by atoms with Crippen LogP contribution in [0.25, 0.3) is 0 Å². The molecule has 0 aliphatic carbocycles. The van der Waals surface area contributed by atoms with Gasteiger partial charge in [-0.2, -0.15) is 0 Å². The van der Waals surface area contributed by atoms with Gasteiger partial charge in [0.05, 0.1) is 6.61 Å². The van der Waals surface area contributed by atoms with Crippen molar-refractivity contribution in [1.29, 1.82) is 0 Å². The summed E-state index contributed by atoms with van der Waals surface area (Å²) in [7, 11) is 1.76. The largest absolute Gasteiger partial charge is 0.383 e. The van der Waals surface area contributed by atoms with Gasteiger partial charge in [-0.05, 0) is 39.0 Å². The van der Waals surface area contributed by atoms with Crippen molar-refractivity contribution >= 4 is 0 Å². The topological polar surface area (TPSA) is 24.5 Å². The minimum absolute atomic E-state index is 0.520. The Balaban J connectivity index is 3.42. The second-order valence-electron chi connectivity index (χ2n) is 3.90. The molecule has 0 aliphatic heterocycles. The van der Waals surface area contributed by atoms with E-state index in [4.69, 9.17) is 4.74 Å². The third kappa shape index (κ3) is 7.77. The fraction of sp³-hybridized carbons (Fsp3) is 1.00. The summed E-state index contributed by atoms with van der Waals surface area (Å²) in [6.07, 6.45) is 2.36. The van der Waals surface area contributed by atoms with Crippen LogP contribution >= 0.6 is 0 Å². The minimum atomic E-state index is 0.520. The number of nitrogens with zero attached hydrogens (tertiary/aromatic N) is 1. The first-order valence-electron chi connectivity index (χ1n) is 6.23. The summed E-state index contributed by atoms with van der Waals surface area (Å²) in [5.41, 5.74) is 0. The molecule has 0 bridgehead atoms. The van der Waals surface area contributed by atoms with Crippen molar-refractivity contribution in [2.75, 3.05) is 39.9 Å². The van der Waals surface area contributed by atoms with Crippen molar-refractivity contribution in [3.05, 3.63) is 0 Å². The molecule has 0 heterocycles. The van der Waals surface area contributed by atoms with Gasteiger partial charge in [0, 0.05) is 13.2 Å². The minimum Gasteiger partial charge on any atom is -0.383 e. The molecule has 0 aromatic rings. The van der Waals surface area contributed by atoms with Crippen molar-refractivity contribution in [2.24, 2.45) is 0 Å². The molecular formula is C12H28N2O. The van der Waals surface area contributed by atoms with E-state index >= 15 is 0 Å². The van der Waals surface area contributed by atoms with Crippen LogP contribution in [0.5, 0.6) is 0 Å². The van der Waals surface area contributed by atoms with Crippen LogP contribution in [-0.2, 0) is 4.74 Å². The van der Waals surface area contributed by atoms with Crippen molar-refractivity contribution in [3.8, 4) is 0 Å². The van der Waals surface area contributed by atoms with Gasteiger partial charge in [0.25, 0.3) is 0 Å². The Morgan fingerprint density at radius 3 is 2.33 bits per heavy atom. The summed E-state index contributed by atoms with van der Waals surface area (Å²) < 4.78 is 5.14. The maximum atomic E-state index is 5.14. The van der Waals surface area contributed by atoms with Gasteiger partial charge in [-0.3, -0.25) is 0 Å². The molecule has 0 saturated heterocycles. The Morgan fingerprint density at radius 1 is 1.20 bits per heavy atom. The van der Waals surface area contributed by atoms with Crippen molar-refractivity contribution < 1.29 is 4.74 Å². The summed E-state index contributed by atoms with van der Waals surface area (Å²) in [4.78, 5) is 2.46. The van der Waals surface area contributed by atoms with E-state index in [0.717, 1.165) is 32.7 Å². The SMILES string of the molecule is CCC(COC)NCCCN(CC)CC. The lowest BCUT2D eigenvalue weighted by Crippen LogP contribution is -2.35. The molecule has 0 aromatic heterocycles. The standard InChI is InChI=1S/C12H28N2O/c1-5-12(11-15-4)13-9-8-10-14(6-2)7-3/h12-13H,5-11H2,1-4H3. The van der Waals surface area contributed by atoms with Crippen LogP contribution in [0.4, 0.5) is 0 Å². The second-order valence-corrected chi connectivity index (χ2v) is 3.90. The monoisotopic (exact) mass is 216 g/mol. The Hall–Kier alpha value is -0.120. The average molecular weight is 216 g/mol. The molecule has 1 unspecified atom stereocenters.